The van der Waals surface area contributed by atoms with Crippen LogP contribution in [0, 0.1) is 11.6 Å². The first-order chi connectivity index (χ1) is 8.13. The van der Waals surface area contributed by atoms with Crippen molar-refractivity contribution in [2.24, 2.45) is 0 Å². The second-order valence-corrected chi connectivity index (χ2v) is 3.96. The SMILES string of the molecule is Fc1cc(F)cc(COc2ccc(Cl)cc2)c1. The van der Waals surface area contributed by atoms with Gasteiger partial charge >= 0.3 is 0 Å². The fourth-order valence-electron chi connectivity index (χ4n) is 1.39. The first kappa shape index (κ1) is 11.9. The lowest BCUT2D eigenvalue weighted by atomic mass is 10.2. The second kappa shape index (κ2) is 5.15. The van der Waals surface area contributed by atoms with E-state index in [1.54, 1.807) is 24.3 Å². The van der Waals surface area contributed by atoms with Gasteiger partial charge in [-0.1, -0.05) is 11.6 Å². The topological polar surface area (TPSA) is 9.23 Å². The third-order valence-corrected chi connectivity index (χ3v) is 2.39. The van der Waals surface area contributed by atoms with Crippen molar-refractivity contribution in [1.82, 2.24) is 0 Å². The average molecular weight is 255 g/mol. The Morgan fingerprint density at radius 2 is 1.53 bits per heavy atom. The number of halogens is 3. The van der Waals surface area contributed by atoms with E-state index in [1.165, 1.54) is 12.1 Å². The van der Waals surface area contributed by atoms with Gasteiger partial charge in [-0.05, 0) is 42.0 Å². The van der Waals surface area contributed by atoms with Gasteiger partial charge in [-0.3, -0.25) is 0 Å². The molecule has 0 aliphatic carbocycles. The largest absolute Gasteiger partial charge is 0.489 e. The predicted molar refractivity (Wildman–Crippen MR) is 62.1 cm³/mol. The van der Waals surface area contributed by atoms with Crippen molar-refractivity contribution in [1.29, 1.82) is 0 Å². The number of ether oxygens (including phenoxy) is 1. The fraction of sp³-hybridized carbons (Fsp3) is 0.0769. The highest BCUT2D eigenvalue weighted by Crippen LogP contribution is 2.17. The average Bonchev–Trinajstić information content (AvgIpc) is 2.27. The summed E-state index contributed by atoms with van der Waals surface area (Å²) in [6.07, 6.45) is 0. The first-order valence-corrected chi connectivity index (χ1v) is 5.34. The summed E-state index contributed by atoms with van der Waals surface area (Å²) in [6.45, 7) is 0.107. The number of benzene rings is 2. The number of rotatable bonds is 3. The Bertz CT molecular complexity index is 491. The van der Waals surface area contributed by atoms with Crippen LogP contribution >= 0.6 is 11.6 Å². The summed E-state index contributed by atoms with van der Waals surface area (Å²) in [5, 5.41) is 0.606. The second-order valence-electron chi connectivity index (χ2n) is 3.52. The lowest BCUT2D eigenvalue weighted by molar-refractivity contribution is 0.305. The summed E-state index contributed by atoms with van der Waals surface area (Å²) in [5.74, 6) is -0.626. The van der Waals surface area contributed by atoms with E-state index in [0.29, 0.717) is 16.3 Å². The fourth-order valence-corrected chi connectivity index (χ4v) is 1.52. The summed E-state index contributed by atoms with van der Waals surface area (Å²) >= 11 is 5.72. The third-order valence-electron chi connectivity index (χ3n) is 2.14. The van der Waals surface area contributed by atoms with Crippen molar-refractivity contribution in [2.45, 2.75) is 6.61 Å². The molecule has 0 saturated carbocycles. The van der Waals surface area contributed by atoms with Gasteiger partial charge in [0.05, 0.1) is 0 Å². The quantitative estimate of drug-likeness (QED) is 0.798. The molecule has 0 fully saturated rings. The molecule has 4 heteroatoms. The zero-order chi connectivity index (χ0) is 12.3. The maximum atomic E-state index is 12.9. The van der Waals surface area contributed by atoms with Crippen LogP contribution in [0.25, 0.3) is 0 Å². The van der Waals surface area contributed by atoms with E-state index in [2.05, 4.69) is 0 Å². The van der Waals surface area contributed by atoms with Gasteiger partial charge in [0.1, 0.15) is 24.0 Å². The summed E-state index contributed by atoms with van der Waals surface area (Å²) < 4.78 is 31.2. The van der Waals surface area contributed by atoms with Gasteiger partial charge in [0, 0.05) is 11.1 Å². The lowest BCUT2D eigenvalue weighted by Gasteiger charge is -2.06. The molecule has 2 rings (SSSR count). The molecular formula is C13H9ClF2O. The molecule has 0 aliphatic rings. The highest BCUT2D eigenvalue weighted by molar-refractivity contribution is 6.30. The standard InChI is InChI=1S/C13H9ClF2O/c14-10-1-3-13(4-2-10)17-8-9-5-11(15)7-12(16)6-9/h1-7H,8H2. The normalized spacial score (nSPS) is 10.3. The van der Waals surface area contributed by atoms with Crippen LogP contribution in [0.3, 0.4) is 0 Å². The summed E-state index contributed by atoms with van der Waals surface area (Å²) in [7, 11) is 0. The summed E-state index contributed by atoms with van der Waals surface area (Å²) in [5.41, 5.74) is 0.442. The molecule has 17 heavy (non-hydrogen) atoms. The smallest absolute Gasteiger partial charge is 0.126 e. The summed E-state index contributed by atoms with van der Waals surface area (Å²) in [6, 6.07) is 10.0. The monoisotopic (exact) mass is 254 g/mol. The van der Waals surface area contributed by atoms with Crippen molar-refractivity contribution >= 4 is 11.6 Å². The molecule has 0 spiro atoms. The van der Waals surface area contributed by atoms with Crippen LogP contribution in [-0.2, 0) is 6.61 Å². The van der Waals surface area contributed by atoms with Crippen molar-refractivity contribution < 1.29 is 13.5 Å². The van der Waals surface area contributed by atoms with Gasteiger partial charge in [0.2, 0.25) is 0 Å². The van der Waals surface area contributed by atoms with Crippen LogP contribution in [-0.4, -0.2) is 0 Å². The maximum absolute atomic E-state index is 12.9. The van der Waals surface area contributed by atoms with Crippen molar-refractivity contribution in [3.8, 4) is 5.75 Å². The maximum Gasteiger partial charge on any atom is 0.126 e. The molecule has 0 saturated heterocycles. The Balaban J connectivity index is 2.04. The molecule has 0 atom stereocenters. The van der Waals surface area contributed by atoms with Gasteiger partial charge < -0.3 is 4.74 Å². The van der Waals surface area contributed by atoms with Crippen LogP contribution < -0.4 is 4.74 Å². The molecule has 0 N–H and O–H groups in total. The molecule has 0 unspecified atom stereocenters. The zero-order valence-electron chi connectivity index (χ0n) is 8.79. The van der Waals surface area contributed by atoms with E-state index in [0.717, 1.165) is 6.07 Å². The Hall–Kier alpha value is -1.61. The first-order valence-electron chi connectivity index (χ1n) is 4.97. The minimum Gasteiger partial charge on any atom is -0.489 e. The lowest BCUT2D eigenvalue weighted by Crippen LogP contribution is -1.96. The molecule has 0 aromatic heterocycles. The van der Waals surface area contributed by atoms with E-state index in [4.69, 9.17) is 16.3 Å². The highest BCUT2D eigenvalue weighted by atomic mass is 35.5. The van der Waals surface area contributed by atoms with E-state index in [1.807, 2.05) is 0 Å². The van der Waals surface area contributed by atoms with Crippen LogP contribution in [0.1, 0.15) is 5.56 Å². The van der Waals surface area contributed by atoms with Crippen LogP contribution in [0.2, 0.25) is 5.02 Å². The molecule has 1 nitrogen and oxygen atoms in total. The summed E-state index contributed by atoms with van der Waals surface area (Å²) in [4.78, 5) is 0. The third kappa shape index (κ3) is 3.43. The molecule has 2 aromatic rings. The Labute approximate surface area is 103 Å². The van der Waals surface area contributed by atoms with Crippen molar-refractivity contribution in [3.05, 3.63) is 64.7 Å². The van der Waals surface area contributed by atoms with Crippen molar-refractivity contribution in [2.75, 3.05) is 0 Å². The molecule has 0 aliphatic heterocycles. The Kier molecular flexibility index (Phi) is 3.59. The predicted octanol–water partition coefficient (Wildman–Crippen LogP) is 4.20. The van der Waals surface area contributed by atoms with Gasteiger partial charge in [-0.25, -0.2) is 8.78 Å². The van der Waals surface area contributed by atoms with Gasteiger partial charge in [0.15, 0.2) is 0 Å². The van der Waals surface area contributed by atoms with Crippen LogP contribution in [0.5, 0.6) is 5.75 Å². The van der Waals surface area contributed by atoms with E-state index in [9.17, 15) is 8.78 Å². The van der Waals surface area contributed by atoms with Crippen molar-refractivity contribution in [3.63, 3.8) is 0 Å². The molecule has 2 aromatic carbocycles. The van der Waals surface area contributed by atoms with E-state index < -0.39 is 11.6 Å². The zero-order valence-corrected chi connectivity index (χ0v) is 9.55. The van der Waals surface area contributed by atoms with Gasteiger partial charge in [-0.15, -0.1) is 0 Å². The van der Waals surface area contributed by atoms with E-state index >= 15 is 0 Å². The van der Waals surface area contributed by atoms with Crippen LogP contribution in [0.4, 0.5) is 8.78 Å². The molecular weight excluding hydrogens is 246 g/mol. The molecule has 0 radical (unpaired) electrons. The Morgan fingerprint density at radius 1 is 0.941 bits per heavy atom. The number of hydrogen-bond acceptors (Lipinski definition) is 1. The van der Waals surface area contributed by atoms with Crippen LogP contribution in [0.15, 0.2) is 42.5 Å². The highest BCUT2D eigenvalue weighted by Gasteiger charge is 2.01. The minimum atomic E-state index is -0.611. The molecule has 0 amide bonds. The number of hydrogen-bond donors (Lipinski definition) is 0. The Morgan fingerprint density at radius 3 is 2.12 bits per heavy atom. The van der Waals surface area contributed by atoms with Gasteiger partial charge in [-0.2, -0.15) is 0 Å². The van der Waals surface area contributed by atoms with Gasteiger partial charge in [0.25, 0.3) is 0 Å². The molecule has 0 bridgehead atoms. The van der Waals surface area contributed by atoms with E-state index in [-0.39, 0.29) is 6.61 Å². The molecule has 0 heterocycles. The molecule has 88 valence electrons. The minimum absolute atomic E-state index is 0.107.